The van der Waals surface area contributed by atoms with Crippen LogP contribution in [-0.2, 0) is 11.3 Å². The number of ether oxygens (including phenoxy) is 1. The van der Waals surface area contributed by atoms with Gasteiger partial charge in [0, 0.05) is 19.8 Å². The highest BCUT2D eigenvalue weighted by Crippen LogP contribution is 2.32. The topological polar surface area (TPSA) is 53.6 Å². The van der Waals surface area contributed by atoms with Crippen molar-refractivity contribution in [3.8, 4) is 5.75 Å². The van der Waals surface area contributed by atoms with E-state index in [4.69, 9.17) is 16.3 Å². The number of benzene rings is 1. The van der Waals surface area contributed by atoms with Crippen LogP contribution in [0.4, 0.5) is 0 Å². The highest BCUT2D eigenvalue weighted by Gasteiger charge is 2.39. The first-order valence-corrected chi connectivity index (χ1v) is 9.23. The Kier molecular flexibility index (Phi) is 7.14. The van der Waals surface area contributed by atoms with E-state index in [1.807, 2.05) is 44.4 Å². The maximum absolute atomic E-state index is 12.3. The van der Waals surface area contributed by atoms with Crippen molar-refractivity contribution in [1.82, 2.24) is 15.8 Å². The lowest BCUT2D eigenvalue weighted by Crippen LogP contribution is -2.49. The quantitative estimate of drug-likeness (QED) is 0.657. The molecule has 0 radical (unpaired) electrons. The first-order chi connectivity index (χ1) is 12.0. The molecular weight excluding hydrogens is 338 g/mol. The molecule has 1 aliphatic rings. The Bertz CT molecular complexity index is 603. The predicted molar refractivity (Wildman–Crippen MR) is 101 cm³/mol. The standard InChI is InChI=1S/C19H28ClN3O2/c1-4-6-11-25-16-9-7-15(8-10-16)13-21-18(24)12-19(5-2)17(20)14-23(3)22-19/h7-10,14,22H,4-6,11-13H2,1-3H3,(H,21,24). The number of hydrogen-bond acceptors (Lipinski definition) is 4. The molecule has 0 saturated carbocycles. The van der Waals surface area contributed by atoms with Crippen molar-refractivity contribution in [2.24, 2.45) is 0 Å². The molecule has 1 amide bonds. The summed E-state index contributed by atoms with van der Waals surface area (Å²) in [6, 6.07) is 7.84. The fourth-order valence-electron chi connectivity index (χ4n) is 2.79. The van der Waals surface area contributed by atoms with Crippen LogP contribution in [0.2, 0.25) is 0 Å². The molecule has 0 aliphatic carbocycles. The third-order valence-electron chi connectivity index (χ3n) is 4.40. The van der Waals surface area contributed by atoms with Crippen molar-refractivity contribution in [2.45, 2.75) is 51.6 Å². The number of unbranched alkanes of at least 4 members (excludes halogenated alkanes) is 1. The molecular formula is C19H28ClN3O2. The Morgan fingerprint density at radius 3 is 2.60 bits per heavy atom. The fraction of sp³-hybridized carbons (Fsp3) is 0.526. The number of rotatable bonds is 9. The molecule has 2 rings (SSSR count). The number of nitrogens with zero attached hydrogens (tertiary/aromatic N) is 1. The van der Waals surface area contributed by atoms with Gasteiger partial charge in [-0.1, -0.05) is 44.0 Å². The maximum atomic E-state index is 12.3. The lowest BCUT2D eigenvalue weighted by Gasteiger charge is -2.29. The molecule has 0 aromatic heterocycles. The average Bonchev–Trinajstić information content (AvgIpc) is 2.88. The van der Waals surface area contributed by atoms with Crippen molar-refractivity contribution >= 4 is 17.5 Å². The van der Waals surface area contributed by atoms with E-state index in [0.717, 1.165) is 37.2 Å². The number of hydrogen-bond donors (Lipinski definition) is 2. The van der Waals surface area contributed by atoms with Crippen LogP contribution in [0.3, 0.4) is 0 Å². The summed E-state index contributed by atoms with van der Waals surface area (Å²) in [6.45, 7) is 5.39. The zero-order chi connectivity index (χ0) is 18.3. The monoisotopic (exact) mass is 365 g/mol. The average molecular weight is 366 g/mol. The molecule has 5 nitrogen and oxygen atoms in total. The smallest absolute Gasteiger partial charge is 0.222 e. The van der Waals surface area contributed by atoms with Crippen LogP contribution >= 0.6 is 11.6 Å². The number of amides is 1. The van der Waals surface area contributed by atoms with Crippen molar-refractivity contribution in [3.05, 3.63) is 41.1 Å². The number of carbonyl (C=O) groups excluding carboxylic acids is 1. The molecule has 0 fully saturated rings. The van der Waals surface area contributed by atoms with E-state index in [9.17, 15) is 4.79 Å². The fourth-order valence-corrected chi connectivity index (χ4v) is 3.18. The Morgan fingerprint density at radius 2 is 2.04 bits per heavy atom. The van der Waals surface area contributed by atoms with E-state index in [1.165, 1.54) is 0 Å². The second kappa shape index (κ2) is 9.11. The van der Waals surface area contributed by atoms with E-state index in [-0.39, 0.29) is 5.91 Å². The van der Waals surface area contributed by atoms with Crippen LogP contribution in [-0.4, -0.2) is 30.1 Å². The number of carbonyl (C=O) groups is 1. The van der Waals surface area contributed by atoms with E-state index < -0.39 is 5.54 Å². The number of halogens is 1. The Balaban J connectivity index is 1.82. The zero-order valence-electron chi connectivity index (χ0n) is 15.3. The third-order valence-corrected chi connectivity index (χ3v) is 4.86. The summed E-state index contributed by atoms with van der Waals surface area (Å²) >= 11 is 6.32. The van der Waals surface area contributed by atoms with Crippen LogP contribution in [0.5, 0.6) is 5.75 Å². The summed E-state index contributed by atoms with van der Waals surface area (Å²) in [4.78, 5) is 12.3. The molecule has 1 atom stereocenters. The van der Waals surface area contributed by atoms with Gasteiger partial charge in [-0.05, 0) is 30.5 Å². The van der Waals surface area contributed by atoms with E-state index in [1.54, 1.807) is 5.01 Å². The summed E-state index contributed by atoms with van der Waals surface area (Å²) in [5, 5.41) is 5.44. The minimum Gasteiger partial charge on any atom is -0.494 e. The van der Waals surface area contributed by atoms with Crippen LogP contribution in [0, 0.1) is 0 Å². The second-order valence-corrected chi connectivity index (χ2v) is 6.84. The van der Waals surface area contributed by atoms with Crippen LogP contribution in [0.1, 0.15) is 45.1 Å². The first kappa shape index (κ1) is 19.6. The van der Waals surface area contributed by atoms with Gasteiger partial charge < -0.3 is 15.1 Å². The van der Waals surface area contributed by atoms with Gasteiger partial charge in [-0.3, -0.25) is 4.79 Å². The Labute approximate surface area is 155 Å². The van der Waals surface area contributed by atoms with Crippen molar-refractivity contribution in [1.29, 1.82) is 0 Å². The normalized spacial score (nSPS) is 19.7. The lowest BCUT2D eigenvalue weighted by molar-refractivity contribution is -0.122. The largest absolute Gasteiger partial charge is 0.494 e. The summed E-state index contributed by atoms with van der Waals surface area (Å²) in [5.74, 6) is 0.836. The molecule has 0 spiro atoms. The molecule has 1 unspecified atom stereocenters. The van der Waals surface area contributed by atoms with Gasteiger partial charge >= 0.3 is 0 Å². The molecule has 6 heteroatoms. The van der Waals surface area contributed by atoms with E-state index >= 15 is 0 Å². The van der Waals surface area contributed by atoms with Gasteiger partial charge in [0.2, 0.25) is 5.91 Å². The molecule has 138 valence electrons. The second-order valence-electron chi connectivity index (χ2n) is 6.43. The molecule has 25 heavy (non-hydrogen) atoms. The van der Waals surface area contributed by atoms with Gasteiger partial charge in [0.1, 0.15) is 5.75 Å². The maximum Gasteiger partial charge on any atom is 0.222 e. The lowest BCUT2D eigenvalue weighted by atomic mass is 9.92. The minimum atomic E-state index is -0.503. The molecule has 1 aliphatic heterocycles. The molecule has 1 heterocycles. The highest BCUT2D eigenvalue weighted by atomic mass is 35.5. The molecule has 1 aromatic carbocycles. The minimum absolute atomic E-state index is 0.0283. The van der Waals surface area contributed by atoms with Gasteiger partial charge in [0.05, 0.1) is 23.6 Å². The SMILES string of the molecule is CCCCOc1ccc(CNC(=O)CC2(CC)NN(C)C=C2Cl)cc1. The first-order valence-electron chi connectivity index (χ1n) is 8.86. The van der Waals surface area contributed by atoms with Crippen LogP contribution < -0.4 is 15.5 Å². The molecule has 2 N–H and O–H groups in total. The van der Waals surface area contributed by atoms with Gasteiger partial charge in [0.25, 0.3) is 0 Å². The highest BCUT2D eigenvalue weighted by molar-refractivity contribution is 6.31. The summed E-state index contributed by atoms with van der Waals surface area (Å²) < 4.78 is 5.64. The summed E-state index contributed by atoms with van der Waals surface area (Å²) in [7, 11) is 1.88. The predicted octanol–water partition coefficient (Wildman–Crippen LogP) is 3.55. The van der Waals surface area contributed by atoms with E-state index in [2.05, 4.69) is 17.7 Å². The molecule has 0 saturated heterocycles. The Hall–Kier alpha value is -1.72. The summed E-state index contributed by atoms with van der Waals surface area (Å²) in [6.07, 6.45) is 5.03. The molecule has 0 bridgehead atoms. The van der Waals surface area contributed by atoms with Crippen LogP contribution in [0.25, 0.3) is 0 Å². The summed E-state index contributed by atoms with van der Waals surface area (Å²) in [5.41, 5.74) is 3.80. The number of hydrazine groups is 1. The Morgan fingerprint density at radius 1 is 1.32 bits per heavy atom. The van der Waals surface area contributed by atoms with Crippen molar-refractivity contribution < 1.29 is 9.53 Å². The van der Waals surface area contributed by atoms with Crippen molar-refractivity contribution in [2.75, 3.05) is 13.7 Å². The third kappa shape index (κ3) is 5.38. The van der Waals surface area contributed by atoms with Crippen LogP contribution in [0.15, 0.2) is 35.5 Å². The van der Waals surface area contributed by atoms with E-state index in [0.29, 0.717) is 18.0 Å². The van der Waals surface area contributed by atoms with Gasteiger partial charge in [-0.25, -0.2) is 5.43 Å². The van der Waals surface area contributed by atoms with Gasteiger partial charge in [-0.2, -0.15) is 0 Å². The van der Waals surface area contributed by atoms with Gasteiger partial charge in [-0.15, -0.1) is 0 Å². The van der Waals surface area contributed by atoms with Gasteiger partial charge in [0.15, 0.2) is 0 Å². The number of nitrogens with one attached hydrogen (secondary N) is 2. The van der Waals surface area contributed by atoms with Crippen molar-refractivity contribution in [3.63, 3.8) is 0 Å². The molecule has 1 aromatic rings. The zero-order valence-corrected chi connectivity index (χ0v) is 16.0.